The van der Waals surface area contributed by atoms with Gasteiger partial charge in [0.15, 0.2) is 23.3 Å². The Labute approximate surface area is 105 Å². The first kappa shape index (κ1) is 14.7. The van der Waals surface area contributed by atoms with Gasteiger partial charge in [-0.25, -0.2) is 22.4 Å². The zero-order valence-corrected chi connectivity index (χ0v) is 9.64. The van der Waals surface area contributed by atoms with Gasteiger partial charge in [0.2, 0.25) is 0 Å². The summed E-state index contributed by atoms with van der Waals surface area (Å²) in [5.74, 6) is -8.06. The fourth-order valence-electron chi connectivity index (χ4n) is 1.23. The van der Waals surface area contributed by atoms with Gasteiger partial charge in [-0.05, 0) is 13.0 Å². The van der Waals surface area contributed by atoms with Crippen LogP contribution in [0, 0.1) is 34.6 Å². The number of benzene rings is 1. The number of carbonyl (C=O) groups is 1. The second-order valence-electron chi connectivity index (χ2n) is 3.24. The summed E-state index contributed by atoms with van der Waals surface area (Å²) >= 11 is 0. The highest BCUT2D eigenvalue weighted by atomic mass is 19.2. The molecule has 3 nitrogen and oxygen atoms in total. The van der Waals surface area contributed by atoms with Crippen molar-refractivity contribution >= 4 is 12.0 Å². The molecule has 0 atom stereocenters. The van der Waals surface area contributed by atoms with Crippen LogP contribution in [-0.2, 0) is 9.53 Å². The maximum absolute atomic E-state index is 13.4. The van der Waals surface area contributed by atoms with Gasteiger partial charge < -0.3 is 4.74 Å². The molecular weight excluding hydrogens is 266 g/mol. The van der Waals surface area contributed by atoms with Crippen LogP contribution in [0.2, 0.25) is 0 Å². The zero-order valence-electron chi connectivity index (χ0n) is 9.64. The SMILES string of the molecule is CCOC(=O)/C=C\c1c(F)c(F)c(C#N)c(F)c1F. The van der Waals surface area contributed by atoms with E-state index in [1.165, 1.54) is 6.92 Å². The molecule has 0 amide bonds. The molecule has 0 bridgehead atoms. The minimum atomic E-state index is -1.81. The van der Waals surface area contributed by atoms with Crippen molar-refractivity contribution < 1.29 is 27.1 Å². The Kier molecular flexibility index (Phi) is 4.64. The van der Waals surface area contributed by atoms with Gasteiger partial charge in [-0.2, -0.15) is 5.26 Å². The third kappa shape index (κ3) is 2.91. The highest BCUT2D eigenvalue weighted by Crippen LogP contribution is 2.24. The third-order valence-electron chi connectivity index (χ3n) is 2.08. The topological polar surface area (TPSA) is 50.1 Å². The fraction of sp³-hybridized carbons (Fsp3) is 0.167. The van der Waals surface area contributed by atoms with E-state index in [4.69, 9.17) is 5.26 Å². The zero-order chi connectivity index (χ0) is 14.6. The largest absolute Gasteiger partial charge is 0.463 e. The summed E-state index contributed by atoms with van der Waals surface area (Å²) in [4.78, 5) is 10.9. The highest BCUT2D eigenvalue weighted by molar-refractivity contribution is 5.87. The van der Waals surface area contributed by atoms with E-state index < -0.39 is 40.4 Å². The molecule has 0 N–H and O–H groups in total. The molecular formula is C12H7F4NO2. The number of hydrogen-bond acceptors (Lipinski definition) is 3. The smallest absolute Gasteiger partial charge is 0.330 e. The molecule has 0 saturated heterocycles. The van der Waals surface area contributed by atoms with Crippen molar-refractivity contribution in [3.05, 3.63) is 40.5 Å². The van der Waals surface area contributed by atoms with E-state index in [2.05, 4.69) is 4.74 Å². The molecule has 0 spiro atoms. The predicted octanol–water partition coefficient (Wildman–Crippen LogP) is 2.69. The standard InChI is InChI=1S/C12H7F4NO2/c1-2-19-8(18)4-3-6-9(13)11(15)7(5-17)12(16)10(6)14/h3-4H,2H2,1H3/b4-3-. The number of esters is 1. The van der Waals surface area contributed by atoms with Gasteiger partial charge in [-0.15, -0.1) is 0 Å². The lowest BCUT2D eigenvalue weighted by molar-refractivity contribution is -0.137. The Bertz CT molecular complexity index is 561. The average Bonchev–Trinajstić information content (AvgIpc) is 2.37. The van der Waals surface area contributed by atoms with Crippen molar-refractivity contribution in [2.75, 3.05) is 6.61 Å². The summed E-state index contributed by atoms with van der Waals surface area (Å²) in [6.45, 7) is 1.54. The second-order valence-corrected chi connectivity index (χ2v) is 3.24. The minimum absolute atomic E-state index is 0.0320. The molecule has 0 saturated carbocycles. The van der Waals surface area contributed by atoms with Crippen molar-refractivity contribution in [1.82, 2.24) is 0 Å². The molecule has 0 aliphatic carbocycles. The summed E-state index contributed by atoms with van der Waals surface area (Å²) in [6.07, 6.45) is 1.16. The van der Waals surface area contributed by atoms with E-state index in [9.17, 15) is 22.4 Å². The van der Waals surface area contributed by atoms with E-state index in [0.717, 1.165) is 6.07 Å². The maximum atomic E-state index is 13.4. The molecule has 0 aliphatic heterocycles. The van der Waals surface area contributed by atoms with Crippen LogP contribution in [0.25, 0.3) is 6.08 Å². The van der Waals surface area contributed by atoms with E-state index in [1.54, 1.807) is 0 Å². The second kappa shape index (κ2) is 6.00. The van der Waals surface area contributed by atoms with Crippen LogP contribution in [-0.4, -0.2) is 12.6 Å². The Morgan fingerprint density at radius 3 is 2.16 bits per heavy atom. The molecule has 0 aliphatic rings. The lowest BCUT2D eigenvalue weighted by Gasteiger charge is -2.04. The maximum Gasteiger partial charge on any atom is 0.330 e. The normalized spacial score (nSPS) is 10.5. The highest BCUT2D eigenvalue weighted by Gasteiger charge is 2.24. The lowest BCUT2D eigenvalue weighted by atomic mass is 10.1. The molecule has 19 heavy (non-hydrogen) atoms. The van der Waals surface area contributed by atoms with Gasteiger partial charge in [0.25, 0.3) is 0 Å². The number of carbonyl (C=O) groups excluding carboxylic acids is 1. The third-order valence-corrected chi connectivity index (χ3v) is 2.08. The number of nitriles is 1. The molecule has 1 aromatic rings. The summed E-state index contributed by atoms with van der Waals surface area (Å²) in [5, 5.41) is 8.37. The first-order valence-electron chi connectivity index (χ1n) is 5.04. The van der Waals surface area contributed by atoms with Crippen LogP contribution >= 0.6 is 0 Å². The quantitative estimate of drug-likeness (QED) is 0.368. The van der Waals surface area contributed by atoms with E-state index in [1.807, 2.05) is 0 Å². The lowest BCUT2D eigenvalue weighted by Crippen LogP contribution is -2.04. The van der Waals surface area contributed by atoms with Crippen molar-refractivity contribution in [3.63, 3.8) is 0 Å². The molecule has 100 valence electrons. The Hall–Kier alpha value is -2.36. The van der Waals surface area contributed by atoms with Gasteiger partial charge in [0, 0.05) is 6.08 Å². The van der Waals surface area contributed by atoms with E-state index in [-0.39, 0.29) is 6.61 Å². The predicted molar refractivity (Wildman–Crippen MR) is 56.7 cm³/mol. The summed E-state index contributed by atoms with van der Waals surface area (Å²) < 4.78 is 57.7. The molecule has 0 radical (unpaired) electrons. The van der Waals surface area contributed by atoms with Crippen molar-refractivity contribution in [2.24, 2.45) is 0 Å². The van der Waals surface area contributed by atoms with Gasteiger partial charge in [-0.3, -0.25) is 0 Å². The van der Waals surface area contributed by atoms with Crippen molar-refractivity contribution in [3.8, 4) is 6.07 Å². The number of halogens is 4. The summed E-state index contributed by atoms with van der Waals surface area (Å²) in [6, 6.07) is 1.01. The number of ether oxygens (including phenoxy) is 1. The number of hydrogen-bond donors (Lipinski definition) is 0. The molecule has 7 heteroatoms. The molecule has 0 unspecified atom stereocenters. The van der Waals surface area contributed by atoms with Gasteiger partial charge in [-0.1, -0.05) is 0 Å². The minimum Gasteiger partial charge on any atom is -0.463 e. The Morgan fingerprint density at radius 2 is 1.74 bits per heavy atom. The van der Waals surface area contributed by atoms with Crippen LogP contribution in [0.1, 0.15) is 18.1 Å². The molecule has 0 heterocycles. The molecule has 0 fully saturated rings. The number of rotatable bonds is 3. The molecule has 1 rings (SSSR count). The van der Waals surface area contributed by atoms with Gasteiger partial charge in [0.05, 0.1) is 12.2 Å². The Balaban J connectivity index is 3.31. The summed E-state index contributed by atoms with van der Waals surface area (Å²) in [7, 11) is 0. The van der Waals surface area contributed by atoms with Gasteiger partial charge >= 0.3 is 5.97 Å². The Morgan fingerprint density at radius 1 is 1.21 bits per heavy atom. The van der Waals surface area contributed by atoms with E-state index in [0.29, 0.717) is 12.2 Å². The monoisotopic (exact) mass is 273 g/mol. The van der Waals surface area contributed by atoms with Crippen molar-refractivity contribution in [1.29, 1.82) is 5.26 Å². The first-order valence-corrected chi connectivity index (χ1v) is 5.04. The first-order chi connectivity index (χ1) is 8.93. The average molecular weight is 273 g/mol. The summed E-state index contributed by atoms with van der Waals surface area (Å²) in [5.41, 5.74) is -2.45. The van der Waals surface area contributed by atoms with Gasteiger partial charge in [0.1, 0.15) is 11.6 Å². The molecule has 1 aromatic carbocycles. The van der Waals surface area contributed by atoms with E-state index >= 15 is 0 Å². The van der Waals surface area contributed by atoms with Crippen LogP contribution in [0.5, 0.6) is 0 Å². The fourth-order valence-corrected chi connectivity index (χ4v) is 1.23. The number of nitrogens with zero attached hydrogens (tertiary/aromatic N) is 1. The van der Waals surface area contributed by atoms with Crippen LogP contribution < -0.4 is 0 Å². The molecule has 0 aromatic heterocycles. The van der Waals surface area contributed by atoms with Crippen molar-refractivity contribution in [2.45, 2.75) is 6.92 Å². The van der Waals surface area contributed by atoms with Crippen LogP contribution in [0.4, 0.5) is 17.6 Å². The van der Waals surface area contributed by atoms with Crippen LogP contribution in [0.15, 0.2) is 6.08 Å². The van der Waals surface area contributed by atoms with Crippen LogP contribution in [0.3, 0.4) is 0 Å².